The summed E-state index contributed by atoms with van der Waals surface area (Å²) in [6, 6.07) is 16.3. The highest BCUT2D eigenvalue weighted by molar-refractivity contribution is 7.91. The molecule has 0 bridgehead atoms. The molecule has 0 saturated carbocycles. The minimum absolute atomic E-state index is 0.0323. The number of hydrogen-bond donors (Lipinski definition) is 1. The summed E-state index contributed by atoms with van der Waals surface area (Å²) in [5.74, 6) is 1.61. The van der Waals surface area contributed by atoms with Crippen LogP contribution in [0.15, 0.2) is 76.8 Å². The van der Waals surface area contributed by atoms with Crippen molar-refractivity contribution in [3.8, 4) is 11.5 Å². The first-order chi connectivity index (χ1) is 14.9. The topological polar surface area (TPSA) is 90.4 Å². The maximum atomic E-state index is 12.9. The van der Waals surface area contributed by atoms with E-state index in [9.17, 15) is 8.42 Å². The average Bonchev–Trinajstić information content (AvgIpc) is 2.79. The van der Waals surface area contributed by atoms with Gasteiger partial charge in [-0.25, -0.2) is 18.4 Å². The standard InChI is InChI=1S/C22H18ClN3O4S/c1-29-19-11-16-18(12-20(19)30-2)24-13-25-22(16)26-14-8-9-21(17(23)10-14)31(27,28)15-6-4-3-5-7-15/h3-13H,1-2H3,(H,24,25,26). The van der Waals surface area contributed by atoms with Gasteiger partial charge in [0.25, 0.3) is 0 Å². The second kappa shape index (κ2) is 8.41. The van der Waals surface area contributed by atoms with Gasteiger partial charge in [-0.2, -0.15) is 0 Å². The van der Waals surface area contributed by atoms with E-state index in [0.29, 0.717) is 33.9 Å². The molecule has 1 N–H and O–H groups in total. The first-order valence-corrected chi connectivity index (χ1v) is 11.0. The summed E-state index contributed by atoms with van der Waals surface area (Å²) < 4.78 is 36.4. The molecule has 158 valence electrons. The Morgan fingerprint density at radius 1 is 0.903 bits per heavy atom. The van der Waals surface area contributed by atoms with Gasteiger partial charge in [0.05, 0.1) is 34.5 Å². The lowest BCUT2D eigenvalue weighted by molar-refractivity contribution is 0.356. The van der Waals surface area contributed by atoms with Gasteiger partial charge >= 0.3 is 0 Å². The van der Waals surface area contributed by atoms with Crippen molar-refractivity contribution in [2.45, 2.75) is 9.79 Å². The van der Waals surface area contributed by atoms with E-state index in [2.05, 4.69) is 15.3 Å². The van der Waals surface area contributed by atoms with Gasteiger partial charge < -0.3 is 14.8 Å². The lowest BCUT2D eigenvalue weighted by Crippen LogP contribution is -2.03. The number of rotatable bonds is 6. The third-order valence-electron chi connectivity index (χ3n) is 4.68. The normalized spacial score (nSPS) is 11.3. The van der Waals surface area contributed by atoms with Crippen molar-refractivity contribution in [2.75, 3.05) is 19.5 Å². The molecular formula is C22H18ClN3O4S. The minimum atomic E-state index is -3.73. The van der Waals surface area contributed by atoms with Crippen LogP contribution in [0.4, 0.5) is 11.5 Å². The number of anilines is 2. The summed E-state index contributed by atoms with van der Waals surface area (Å²) in [6.45, 7) is 0. The zero-order valence-electron chi connectivity index (χ0n) is 16.7. The van der Waals surface area contributed by atoms with Crippen LogP contribution in [0.1, 0.15) is 0 Å². The predicted octanol–water partition coefficient (Wildman–Crippen LogP) is 4.88. The molecule has 3 aromatic carbocycles. The SMILES string of the molecule is COc1cc2ncnc(Nc3ccc(S(=O)(=O)c4ccccc4)c(Cl)c3)c2cc1OC. The number of nitrogens with zero attached hydrogens (tertiary/aromatic N) is 2. The van der Waals surface area contributed by atoms with Crippen molar-refractivity contribution in [3.05, 3.63) is 72.0 Å². The quantitative estimate of drug-likeness (QED) is 0.443. The molecule has 4 rings (SSSR count). The molecule has 0 aliphatic rings. The van der Waals surface area contributed by atoms with Crippen LogP contribution < -0.4 is 14.8 Å². The Morgan fingerprint density at radius 3 is 2.29 bits per heavy atom. The lowest BCUT2D eigenvalue weighted by Gasteiger charge is -2.13. The van der Waals surface area contributed by atoms with E-state index in [1.54, 1.807) is 56.7 Å². The predicted molar refractivity (Wildman–Crippen MR) is 119 cm³/mol. The second-order valence-electron chi connectivity index (χ2n) is 6.53. The largest absolute Gasteiger partial charge is 0.493 e. The molecule has 7 nitrogen and oxygen atoms in total. The van der Waals surface area contributed by atoms with E-state index in [0.717, 1.165) is 0 Å². The number of sulfone groups is 1. The molecule has 0 saturated heterocycles. The van der Waals surface area contributed by atoms with Crippen LogP contribution in [0.5, 0.6) is 11.5 Å². The highest BCUT2D eigenvalue weighted by atomic mass is 35.5. The Balaban J connectivity index is 1.71. The van der Waals surface area contributed by atoms with Gasteiger partial charge in [-0.3, -0.25) is 0 Å². The van der Waals surface area contributed by atoms with Gasteiger partial charge in [0.1, 0.15) is 12.1 Å². The molecule has 0 spiro atoms. The third kappa shape index (κ3) is 3.99. The Kier molecular flexibility index (Phi) is 5.67. The van der Waals surface area contributed by atoms with E-state index < -0.39 is 9.84 Å². The fraction of sp³-hybridized carbons (Fsp3) is 0.0909. The third-order valence-corrected chi connectivity index (χ3v) is 6.93. The van der Waals surface area contributed by atoms with E-state index in [-0.39, 0.29) is 14.8 Å². The van der Waals surface area contributed by atoms with Crippen molar-refractivity contribution in [2.24, 2.45) is 0 Å². The maximum absolute atomic E-state index is 12.9. The Morgan fingerprint density at radius 2 is 1.61 bits per heavy atom. The van der Waals surface area contributed by atoms with Crippen molar-refractivity contribution in [3.63, 3.8) is 0 Å². The fourth-order valence-electron chi connectivity index (χ4n) is 3.14. The second-order valence-corrected chi connectivity index (χ2v) is 8.86. The van der Waals surface area contributed by atoms with Crippen LogP contribution in [-0.4, -0.2) is 32.6 Å². The van der Waals surface area contributed by atoms with Crippen molar-refractivity contribution >= 4 is 43.8 Å². The number of aromatic nitrogens is 2. The van der Waals surface area contributed by atoms with Gasteiger partial charge in [0, 0.05) is 17.1 Å². The van der Waals surface area contributed by atoms with Gasteiger partial charge in [0.15, 0.2) is 11.5 Å². The first-order valence-electron chi connectivity index (χ1n) is 9.17. The van der Waals surface area contributed by atoms with E-state index >= 15 is 0 Å². The van der Waals surface area contributed by atoms with Crippen LogP contribution in [-0.2, 0) is 9.84 Å². The number of benzene rings is 3. The smallest absolute Gasteiger partial charge is 0.208 e. The molecule has 1 aromatic heterocycles. The van der Waals surface area contributed by atoms with Crippen LogP contribution in [0.3, 0.4) is 0 Å². The molecule has 0 aliphatic heterocycles. The number of nitrogens with one attached hydrogen (secondary N) is 1. The van der Waals surface area contributed by atoms with Crippen LogP contribution in [0, 0.1) is 0 Å². The fourth-order valence-corrected chi connectivity index (χ4v) is 4.96. The zero-order valence-corrected chi connectivity index (χ0v) is 18.2. The molecule has 0 radical (unpaired) electrons. The van der Waals surface area contributed by atoms with Crippen LogP contribution in [0.2, 0.25) is 5.02 Å². The number of hydrogen-bond acceptors (Lipinski definition) is 7. The van der Waals surface area contributed by atoms with Crippen LogP contribution >= 0.6 is 11.6 Å². The van der Waals surface area contributed by atoms with Gasteiger partial charge in [-0.15, -0.1) is 0 Å². The summed E-state index contributed by atoms with van der Waals surface area (Å²) in [4.78, 5) is 8.79. The zero-order chi connectivity index (χ0) is 22.0. The summed E-state index contributed by atoms with van der Waals surface area (Å²) in [6.07, 6.45) is 1.42. The summed E-state index contributed by atoms with van der Waals surface area (Å²) in [5, 5.41) is 3.98. The number of fused-ring (bicyclic) bond motifs is 1. The molecule has 0 amide bonds. The highest BCUT2D eigenvalue weighted by Gasteiger charge is 2.21. The summed E-state index contributed by atoms with van der Waals surface area (Å²) in [7, 11) is -0.626. The van der Waals surface area contributed by atoms with E-state index in [4.69, 9.17) is 21.1 Å². The average molecular weight is 456 g/mol. The molecule has 0 fully saturated rings. The molecule has 0 unspecified atom stereocenters. The van der Waals surface area contributed by atoms with Gasteiger partial charge in [-0.1, -0.05) is 29.8 Å². The molecular weight excluding hydrogens is 438 g/mol. The summed E-state index contributed by atoms with van der Waals surface area (Å²) >= 11 is 6.35. The molecule has 31 heavy (non-hydrogen) atoms. The van der Waals surface area contributed by atoms with Crippen LogP contribution in [0.25, 0.3) is 10.9 Å². The number of ether oxygens (including phenoxy) is 2. The lowest BCUT2D eigenvalue weighted by atomic mass is 10.2. The Hall–Kier alpha value is -3.36. The highest BCUT2D eigenvalue weighted by Crippen LogP contribution is 2.35. The summed E-state index contributed by atoms with van der Waals surface area (Å²) in [5.41, 5.74) is 1.23. The minimum Gasteiger partial charge on any atom is -0.493 e. The van der Waals surface area contributed by atoms with E-state index in [1.807, 2.05) is 0 Å². The van der Waals surface area contributed by atoms with Crippen molar-refractivity contribution in [1.82, 2.24) is 9.97 Å². The van der Waals surface area contributed by atoms with Crippen molar-refractivity contribution < 1.29 is 17.9 Å². The monoisotopic (exact) mass is 455 g/mol. The van der Waals surface area contributed by atoms with Gasteiger partial charge in [-0.05, 0) is 36.4 Å². The molecule has 0 atom stereocenters. The molecule has 0 aliphatic carbocycles. The Labute approximate surface area is 184 Å². The van der Waals surface area contributed by atoms with Gasteiger partial charge in [0.2, 0.25) is 9.84 Å². The first kappa shape index (κ1) is 20.9. The maximum Gasteiger partial charge on any atom is 0.208 e. The Bertz CT molecular complexity index is 1360. The number of halogens is 1. The van der Waals surface area contributed by atoms with Crippen molar-refractivity contribution in [1.29, 1.82) is 0 Å². The van der Waals surface area contributed by atoms with E-state index in [1.165, 1.54) is 24.5 Å². The molecule has 9 heteroatoms. The molecule has 4 aromatic rings. The number of methoxy groups -OCH3 is 2. The molecule has 1 heterocycles.